The number of hydrogen-bond donors (Lipinski definition) is 1. The standard InChI is InChI=1S/C11H8F4O5S/c1-4(2)11(16)20-3-5-6(12)8(14)10(21(17,18)19)9(15)7(5)13/h1,3H2,2H3,(H,17,18,19). The van der Waals surface area contributed by atoms with E-state index in [4.69, 9.17) is 4.55 Å². The Hall–Kier alpha value is -1.94. The number of ether oxygens (including phenoxy) is 1. The maximum Gasteiger partial charge on any atom is 0.333 e. The summed E-state index contributed by atoms with van der Waals surface area (Å²) >= 11 is 0. The van der Waals surface area contributed by atoms with Crippen molar-refractivity contribution in [2.45, 2.75) is 18.4 Å². The van der Waals surface area contributed by atoms with Crippen LogP contribution in [0.3, 0.4) is 0 Å². The summed E-state index contributed by atoms with van der Waals surface area (Å²) in [4.78, 5) is 8.89. The van der Waals surface area contributed by atoms with E-state index in [0.29, 0.717) is 0 Å². The molecule has 5 nitrogen and oxygen atoms in total. The molecule has 0 saturated carbocycles. The molecule has 1 aromatic rings. The molecule has 0 aromatic heterocycles. The van der Waals surface area contributed by atoms with Crippen molar-refractivity contribution in [3.8, 4) is 0 Å². The van der Waals surface area contributed by atoms with Crippen LogP contribution in [-0.4, -0.2) is 18.9 Å². The van der Waals surface area contributed by atoms with E-state index >= 15 is 0 Å². The maximum absolute atomic E-state index is 13.5. The molecule has 0 saturated heterocycles. The fourth-order valence-corrected chi connectivity index (χ4v) is 1.90. The smallest absolute Gasteiger partial charge is 0.333 e. The van der Waals surface area contributed by atoms with Crippen LogP contribution in [0.4, 0.5) is 17.6 Å². The molecule has 116 valence electrons. The lowest BCUT2D eigenvalue weighted by Gasteiger charge is -2.10. The Bertz CT molecular complexity index is 698. The summed E-state index contributed by atoms with van der Waals surface area (Å²) in [5.74, 6) is -9.92. The Labute approximate surface area is 116 Å². The van der Waals surface area contributed by atoms with Gasteiger partial charge in [-0.15, -0.1) is 0 Å². The SMILES string of the molecule is C=C(C)C(=O)OCc1c(F)c(F)c(S(=O)(=O)O)c(F)c1F. The van der Waals surface area contributed by atoms with Crippen molar-refractivity contribution in [1.82, 2.24) is 0 Å². The molecular formula is C11H8F4O5S. The largest absolute Gasteiger partial charge is 0.457 e. The fourth-order valence-electron chi connectivity index (χ4n) is 1.27. The molecule has 0 fully saturated rings. The van der Waals surface area contributed by atoms with E-state index in [9.17, 15) is 30.8 Å². The van der Waals surface area contributed by atoms with Crippen molar-refractivity contribution in [3.63, 3.8) is 0 Å². The van der Waals surface area contributed by atoms with Crippen LogP contribution in [0.2, 0.25) is 0 Å². The van der Waals surface area contributed by atoms with Gasteiger partial charge < -0.3 is 4.74 Å². The number of hydrogen-bond acceptors (Lipinski definition) is 4. The highest BCUT2D eigenvalue weighted by molar-refractivity contribution is 7.85. The van der Waals surface area contributed by atoms with Gasteiger partial charge in [-0.1, -0.05) is 6.58 Å². The van der Waals surface area contributed by atoms with E-state index < -0.39 is 56.4 Å². The van der Waals surface area contributed by atoms with Gasteiger partial charge in [0.1, 0.15) is 6.61 Å². The van der Waals surface area contributed by atoms with Crippen LogP contribution < -0.4 is 0 Å². The minimum absolute atomic E-state index is 0.133. The summed E-state index contributed by atoms with van der Waals surface area (Å²) in [5, 5.41) is 0. The lowest BCUT2D eigenvalue weighted by molar-refractivity contribution is -0.140. The quantitative estimate of drug-likeness (QED) is 0.301. The summed E-state index contributed by atoms with van der Waals surface area (Å²) in [6.07, 6.45) is 0. The first-order chi connectivity index (χ1) is 9.48. The van der Waals surface area contributed by atoms with Gasteiger partial charge in [0.05, 0.1) is 5.56 Å². The van der Waals surface area contributed by atoms with E-state index in [1.165, 1.54) is 6.92 Å². The molecule has 0 spiro atoms. The normalized spacial score (nSPS) is 11.3. The van der Waals surface area contributed by atoms with Gasteiger partial charge in [0.25, 0.3) is 0 Å². The molecule has 21 heavy (non-hydrogen) atoms. The van der Waals surface area contributed by atoms with Crippen molar-refractivity contribution in [2.75, 3.05) is 0 Å². The topological polar surface area (TPSA) is 80.7 Å². The highest BCUT2D eigenvalue weighted by atomic mass is 32.2. The minimum atomic E-state index is -5.52. The van der Waals surface area contributed by atoms with Gasteiger partial charge in [-0.05, 0) is 6.92 Å². The highest BCUT2D eigenvalue weighted by Crippen LogP contribution is 2.28. The second-order valence-electron chi connectivity index (χ2n) is 3.90. The molecule has 0 amide bonds. The minimum Gasteiger partial charge on any atom is -0.457 e. The number of esters is 1. The van der Waals surface area contributed by atoms with E-state index in [1.807, 2.05) is 0 Å². The van der Waals surface area contributed by atoms with Gasteiger partial charge in [-0.2, -0.15) is 8.42 Å². The Balaban J connectivity index is 3.39. The number of benzene rings is 1. The van der Waals surface area contributed by atoms with Crippen LogP contribution in [0.25, 0.3) is 0 Å². The Morgan fingerprint density at radius 1 is 1.14 bits per heavy atom. The molecule has 0 heterocycles. The molecule has 0 radical (unpaired) electrons. The monoisotopic (exact) mass is 328 g/mol. The zero-order valence-corrected chi connectivity index (χ0v) is 11.2. The Morgan fingerprint density at radius 3 is 1.90 bits per heavy atom. The van der Waals surface area contributed by atoms with Crippen LogP contribution in [-0.2, 0) is 26.3 Å². The van der Waals surface area contributed by atoms with Crippen molar-refractivity contribution >= 4 is 16.1 Å². The summed E-state index contributed by atoms with van der Waals surface area (Å²) in [7, 11) is -5.52. The molecular weight excluding hydrogens is 320 g/mol. The van der Waals surface area contributed by atoms with E-state index in [2.05, 4.69) is 11.3 Å². The zero-order chi connectivity index (χ0) is 16.5. The molecule has 0 bridgehead atoms. The van der Waals surface area contributed by atoms with Crippen molar-refractivity contribution in [2.24, 2.45) is 0 Å². The highest BCUT2D eigenvalue weighted by Gasteiger charge is 2.32. The molecule has 0 unspecified atom stereocenters. The molecule has 0 aliphatic heterocycles. The van der Waals surface area contributed by atoms with Crippen LogP contribution >= 0.6 is 0 Å². The third kappa shape index (κ3) is 3.39. The van der Waals surface area contributed by atoms with Crippen LogP contribution in [0.5, 0.6) is 0 Å². The van der Waals surface area contributed by atoms with Crippen LogP contribution in [0.1, 0.15) is 12.5 Å². The average molecular weight is 328 g/mol. The van der Waals surface area contributed by atoms with Crippen molar-refractivity contribution in [3.05, 3.63) is 41.0 Å². The van der Waals surface area contributed by atoms with Crippen LogP contribution in [0.15, 0.2) is 17.0 Å². The van der Waals surface area contributed by atoms with E-state index in [1.54, 1.807) is 0 Å². The summed E-state index contributed by atoms with van der Waals surface area (Å²) < 4.78 is 88.1. The Morgan fingerprint density at radius 2 is 1.57 bits per heavy atom. The molecule has 1 aromatic carbocycles. The first-order valence-corrected chi connectivity index (χ1v) is 6.57. The maximum atomic E-state index is 13.5. The molecule has 10 heteroatoms. The van der Waals surface area contributed by atoms with Gasteiger partial charge in [0.15, 0.2) is 28.2 Å². The summed E-state index contributed by atoms with van der Waals surface area (Å²) in [6.45, 7) is 3.20. The second-order valence-corrected chi connectivity index (χ2v) is 5.25. The van der Waals surface area contributed by atoms with Gasteiger partial charge in [-0.3, -0.25) is 4.55 Å². The molecule has 1 N–H and O–H groups in total. The lowest BCUT2D eigenvalue weighted by atomic mass is 10.2. The van der Waals surface area contributed by atoms with Gasteiger partial charge in [-0.25, -0.2) is 22.4 Å². The molecule has 0 aliphatic rings. The fraction of sp³-hybridized carbons (Fsp3) is 0.182. The number of rotatable bonds is 4. The third-order valence-electron chi connectivity index (χ3n) is 2.27. The zero-order valence-electron chi connectivity index (χ0n) is 10.4. The molecule has 1 rings (SSSR count). The van der Waals surface area contributed by atoms with Crippen molar-refractivity contribution < 1.29 is 40.1 Å². The van der Waals surface area contributed by atoms with Crippen LogP contribution in [0, 0.1) is 23.3 Å². The van der Waals surface area contributed by atoms with Gasteiger partial charge >= 0.3 is 16.1 Å². The van der Waals surface area contributed by atoms with E-state index in [0.717, 1.165) is 0 Å². The number of halogens is 4. The lowest BCUT2D eigenvalue weighted by Crippen LogP contribution is -2.15. The third-order valence-corrected chi connectivity index (χ3v) is 3.14. The second kappa shape index (κ2) is 5.82. The predicted molar refractivity (Wildman–Crippen MR) is 60.7 cm³/mol. The summed E-state index contributed by atoms with van der Waals surface area (Å²) in [5.41, 5.74) is -1.47. The van der Waals surface area contributed by atoms with E-state index in [-0.39, 0.29) is 5.57 Å². The van der Waals surface area contributed by atoms with Crippen molar-refractivity contribution in [1.29, 1.82) is 0 Å². The van der Waals surface area contributed by atoms with Gasteiger partial charge in [0, 0.05) is 5.57 Å². The first-order valence-electron chi connectivity index (χ1n) is 5.13. The molecule has 0 atom stereocenters. The molecule has 0 aliphatic carbocycles. The van der Waals surface area contributed by atoms with Gasteiger partial charge in [0.2, 0.25) is 0 Å². The predicted octanol–water partition coefficient (Wildman–Crippen LogP) is 2.11. The number of carbonyl (C=O) groups excluding carboxylic acids is 1. The first kappa shape index (κ1) is 17.1. The Kier molecular flexibility index (Phi) is 4.74. The summed E-state index contributed by atoms with van der Waals surface area (Å²) in [6, 6.07) is 0. The number of carbonyl (C=O) groups is 1. The average Bonchev–Trinajstić information content (AvgIpc) is 2.34.